The van der Waals surface area contributed by atoms with Gasteiger partial charge in [0.15, 0.2) is 0 Å². The normalized spacial score (nSPS) is 24.0. The summed E-state index contributed by atoms with van der Waals surface area (Å²) in [5.41, 5.74) is 1.34. The number of hydrogen-bond donors (Lipinski definition) is 3. The molecule has 2 aromatic rings. The number of fused-ring (bicyclic) bond motifs is 1. The van der Waals surface area contributed by atoms with Gasteiger partial charge >= 0.3 is 0 Å². The molecule has 1 aliphatic carbocycles. The van der Waals surface area contributed by atoms with Crippen LogP contribution in [-0.4, -0.2) is 51.4 Å². The zero-order chi connectivity index (χ0) is 24.6. The minimum Gasteiger partial charge on any atom is -0.356 e. The highest BCUT2D eigenvalue weighted by atomic mass is 35.5. The molecule has 3 atom stereocenters. The Hall–Kier alpha value is -2.70. The van der Waals surface area contributed by atoms with E-state index in [0.29, 0.717) is 30.2 Å². The molecule has 1 aromatic carbocycles. The number of nitriles is 1. The number of hydrogen-bond acceptors (Lipinski definition) is 5. The van der Waals surface area contributed by atoms with E-state index in [2.05, 4.69) is 21.7 Å². The lowest BCUT2D eigenvalue weighted by atomic mass is 9.68. The Morgan fingerprint density at radius 1 is 1.31 bits per heavy atom. The van der Waals surface area contributed by atoms with E-state index in [4.69, 9.17) is 11.6 Å². The van der Waals surface area contributed by atoms with Crippen molar-refractivity contribution in [1.82, 2.24) is 20.5 Å². The van der Waals surface area contributed by atoms with Gasteiger partial charge in [0.2, 0.25) is 5.91 Å². The van der Waals surface area contributed by atoms with Gasteiger partial charge in [0.25, 0.3) is 11.1 Å². The van der Waals surface area contributed by atoms with Gasteiger partial charge in [-0.05, 0) is 73.9 Å². The number of likely N-dealkylation sites (tertiary alicyclic amines) is 1. The molecule has 1 aromatic heterocycles. The lowest BCUT2D eigenvalue weighted by molar-refractivity contribution is -0.126. The first-order valence-electron chi connectivity index (χ1n) is 12.1. The Labute approximate surface area is 213 Å². The van der Waals surface area contributed by atoms with Crippen LogP contribution in [0.25, 0.3) is 10.9 Å². The van der Waals surface area contributed by atoms with E-state index in [0.717, 1.165) is 61.2 Å². The maximum absolute atomic E-state index is 13.5. The number of carbonyl (C=O) groups is 3. The minimum atomic E-state index is -0.745. The van der Waals surface area contributed by atoms with Crippen molar-refractivity contribution in [3.63, 3.8) is 0 Å². The highest BCUT2D eigenvalue weighted by Gasteiger charge is 2.50. The number of nitrogens with one attached hydrogen (secondary N) is 3. The largest absolute Gasteiger partial charge is 0.356 e. The average molecular weight is 514 g/mol. The molecule has 3 amide bonds. The lowest BCUT2D eigenvalue weighted by Gasteiger charge is -2.37. The molecule has 3 aliphatic rings. The summed E-state index contributed by atoms with van der Waals surface area (Å²) in [7, 11) is 0. The number of benzene rings is 1. The van der Waals surface area contributed by atoms with Crippen LogP contribution in [0.2, 0.25) is 5.02 Å². The van der Waals surface area contributed by atoms with Gasteiger partial charge < -0.3 is 20.5 Å². The second-order valence-electron chi connectivity index (χ2n) is 9.96. The van der Waals surface area contributed by atoms with E-state index in [9.17, 15) is 19.6 Å². The fourth-order valence-corrected chi connectivity index (χ4v) is 6.88. The maximum Gasteiger partial charge on any atom is 0.282 e. The second kappa shape index (κ2) is 9.75. The Morgan fingerprint density at radius 2 is 2.14 bits per heavy atom. The van der Waals surface area contributed by atoms with Crippen LogP contribution >= 0.6 is 23.4 Å². The molecule has 0 radical (unpaired) electrons. The number of halogens is 1. The zero-order valence-corrected chi connectivity index (χ0v) is 20.9. The van der Waals surface area contributed by atoms with E-state index in [-0.39, 0.29) is 33.8 Å². The summed E-state index contributed by atoms with van der Waals surface area (Å²) >= 11 is 7.17. The van der Waals surface area contributed by atoms with Gasteiger partial charge in [-0.2, -0.15) is 5.26 Å². The average Bonchev–Trinajstić information content (AvgIpc) is 3.41. The number of carbonyl (C=O) groups excluding carboxylic acids is 3. The summed E-state index contributed by atoms with van der Waals surface area (Å²) in [5, 5.41) is 16.0. The molecule has 2 aliphatic heterocycles. The van der Waals surface area contributed by atoms with E-state index < -0.39 is 6.04 Å². The topological polar surface area (TPSA) is 118 Å². The molecule has 3 N–H and O–H groups in total. The third-order valence-electron chi connectivity index (χ3n) is 7.56. The number of piperidine rings is 1. The van der Waals surface area contributed by atoms with Crippen LogP contribution in [0.1, 0.15) is 55.4 Å². The fourth-order valence-electron chi connectivity index (χ4n) is 5.51. The Balaban J connectivity index is 1.27. The van der Waals surface area contributed by atoms with Crippen LogP contribution in [0.15, 0.2) is 24.3 Å². The molecular formula is C25H28ClN5O3S. The first-order valence-corrected chi connectivity index (χ1v) is 13.4. The van der Waals surface area contributed by atoms with Crippen LogP contribution in [0, 0.1) is 22.7 Å². The van der Waals surface area contributed by atoms with Crippen LogP contribution in [0.5, 0.6) is 0 Å². The number of aromatic amines is 1. The molecule has 8 nitrogen and oxygen atoms in total. The third-order valence-corrected chi connectivity index (χ3v) is 8.82. The molecule has 184 valence electrons. The van der Waals surface area contributed by atoms with Gasteiger partial charge in [0.05, 0.1) is 11.4 Å². The number of H-pyrrole nitrogens is 1. The second-order valence-corrected chi connectivity index (χ2v) is 11.5. The number of rotatable bonds is 5. The lowest BCUT2D eigenvalue weighted by Crippen LogP contribution is -2.42. The molecule has 35 heavy (non-hydrogen) atoms. The smallest absolute Gasteiger partial charge is 0.282 e. The predicted octanol–water partition coefficient (Wildman–Crippen LogP) is 4.41. The standard InChI is InChI=1S/C25H28ClN5O3S/c26-17-5-4-15-10-20(30-19(15)11-17)23(33)31-14-25(6-2-7-25)12-21(31)35-24(34)29-18(13-27)9-16-3-1-8-28-22(16)32/h4-5,10-11,16,18,21,30H,1-3,6-9,12,14H2,(H,28,32)(H,29,34)/t16-,18-,21?/m0/s1. The molecule has 0 bridgehead atoms. The van der Waals surface area contributed by atoms with Crippen molar-refractivity contribution in [3.05, 3.63) is 35.0 Å². The molecule has 2 saturated heterocycles. The van der Waals surface area contributed by atoms with Gasteiger partial charge in [-0.1, -0.05) is 24.1 Å². The zero-order valence-electron chi connectivity index (χ0n) is 19.3. The minimum absolute atomic E-state index is 0.0579. The molecule has 10 heteroatoms. The van der Waals surface area contributed by atoms with Gasteiger partial charge in [0.1, 0.15) is 11.7 Å². The summed E-state index contributed by atoms with van der Waals surface area (Å²) in [5.74, 6) is -0.461. The third kappa shape index (κ3) is 5.00. The summed E-state index contributed by atoms with van der Waals surface area (Å²) < 4.78 is 0. The van der Waals surface area contributed by atoms with Crippen LogP contribution in [-0.2, 0) is 4.79 Å². The van der Waals surface area contributed by atoms with Crippen molar-refractivity contribution >= 4 is 51.3 Å². The van der Waals surface area contributed by atoms with E-state index >= 15 is 0 Å². The Kier molecular flexibility index (Phi) is 6.69. The van der Waals surface area contributed by atoms with Crippen molar-refractivity contribution in [2.75, 3.05) is 13.1 Å². The number of aromatic nitrogens is 1. The van der Waals surface area contributed by atoms with Gasteiger partial charge in [-0.3, -0.25) is 14.4 Å². The number of thioether (sulfide) groups is 1. The molecule has 3 fully saturated rings. The van der Waals surface area contributed by atoms with Crippen LogP contribution in [0.3, 0.4) is 0 Å². The molecule has 1 unspecified atom stereocenters. The van der Waals surface area contributed by atoms with Crippen molar-refractivity contribution in [1.29, 1.82) is 5.26 Å². The van der Waals surface area contributed by atoms with Crippen molar-refractivity contribution in [2.45, 2.75) is 56.4 Å². The Morgan fingerprint density at radius 3 is 2.86 bits per heavy atom. The predicted molar refractivity (Wildman–Crippen MR) is 135 cm³/mol. The van der Waals surface area contributed by atoms with Crippen molar-refractivity contribution in [3.8, 4) is 6.07 Å². The number of nitrogens with zero attached hydrogens (tertiary/aromatic N) is 2. The quantitative estimate of drug-likeness (QED) is 0.547. The van der Waals surface area contributed by atoms with Gasteiger partial charge in [-0.15, -0.1) is 0 Å². The first kappa shape index (κ1) is 24.0. The van der Waals surface area contributed by atoms with E-state index in [1.54, 1.807) is 17.0 Å². The molecular weight excluding hydrogens is 486 g/mol. The molecule has 1 spiro atoms. The highest BCUT2D eigenvalue weighted by Crippen LogP contribution is 2.52. The van der Waals surface area contributed by atoms with Gasteiger partial charge in [-0.25, -0.2) is 0 Å². The molecule has 1 saturated carbocycles. The highest BCUT2D eigenvalue weighted by molar-refractivity contribution is 8.14. The Bertz CT molecular complexity index is 1200. The van der Waals surface area contributed by atoms with E-state index in [1.165, 1.54) is 0 Å². The SMILES string of the molecule is N#C[C@H](C[C@@H]1CCCNC1=O)NC(=O)SC1CC2(CCC2)CN1C(=O)c1cc2ccc(Cl)cc2[nH]1. The van der Waals surface area contributed by atoms with Crippen molar-refractivity contribution < 1.29 is 14.4 Å². The summed E-state index contributed by atoms with van der Waals surface area (Å²) in [4.78, 5) is 43.5. The summed E-state index contributed by atoms with van der Waals surface area (Å²) in [6.07, 6.45) is 5.88. The maximum atomic E-state index is 13.5. The number of amides is 3. The molecule has 3 heterocycles. The monoisotopic (exact) mass is 513 g/mol. The fraction of sp³-hybridized carbons (Fsp3) is 0.520. The summed E-state index contributed by atoms with van der Waals surface area (Å²) in [6, 6.07) is 8.65. The first-order chi connectivity index (χ1) is 16.9. The summed E-state index contributed by atoms with van der Waals surface area (Å²) in [6.45, 7) is 1.28. The van der Waals surface area contributed by atoms with Gasteiger partial charge in [0, 0.05) is 34.9 Å². The van der Waals surface area contributed by atoms with Crippen LogP contribution in [0.4, 0.5) is 4.79 Å². The van der Waals surface area contributed by atoms with Crippen LogP contribution < -0.4 is 10.6 Å². The molecule has 5 rings (SSSR count). The van der Waals surface area contributed by atoms with E-state index in [1.807, 2.05) is 12.1 Å². The van der Waals surface area contributed by atoms with Crippen molar-refractivity contribution in [2.24, 2.45) is 11.3 Å².